The van der Waals surface area contributed by atoms with Crippen molar-refractivity contribution in [3.63, 3.8) is 0 Å². The zero-order valence-electron chi connectivity index (χ0n) is 8.50. The van der Waals surface area contributed by atoms with Crippen molar-refractivity contribution in [3.05, 3.63) is 20.8 Å². The van der Waals surface area contributed by atoms with Crippen molar-refractivity contribution in [3.8, 4) is 0 Å². The van der Waals surface area contributed by atoms with E-state index in [1.807, 2.05) is 6.07 Å². The molecule has 0 saturated heterocycles. The van der Waals surface area contributed by atoms with Crippen LogP contribution in [0.2, 0.25) is 0 Å². The second kappa shape index (κ2) is 6.25. The van der Waals surface area contributed by atoms with Crippen molar-refractivity contribution in [1.82, 2.24) is 5.32 Å². The minimum atomic E-state index is -0.749. The number of thiophene rings is 1. The van der Waals surface area contributed by atoms with E-state index in [1.54, 1.807) is 18.3 Å². The van der Waals surface area contributed by atoms with E-state index in [-0.39, 0.29) is 5.92 Å². The molecule has 1 unspecified atom stereocenters. The molecule has 0 amide bonds. The topological polar surface area (TPSA) is 49.3 Å². The smallest absolute Gasteiger partial charge is 0.307 e. The van der Waals surface area contributed by atoms with Crippen molar-refractivity contribution in [1.29, 1.82) is 0 Å². The summed E-state index contributed by atoms with van der Waals surface area (Å²) >= 11 is 5.12. The number of halogens is 1. The number of aliphatic carboxylic acids is 1. The number of hydrogen-bond donors (Lipinski definition) is 2. The lowest BCUT2D eigenvalue weighted by Gasteiger charge is -2.06. The predicted octanol–water partition coefficient (Wildman–Crippen LogP) is 2.36. The van der Waals surface area contributed by atoms with E-state index in [4.69, 9.17) is 5.11 Å². The first-order valence-electron chi connectivity index (χ1n) is 4.77. The van der Waals surface area contributed by atoms with Gasteiger partial charge in [0.1, 0.15) is 0 Å². The fraction of sp³-hybridized carbons (Fsp3) is 0.500. The van der Waals surface area contributed by atoms with Crippen LogP contribution in [-0.4, -0.2) is 24.2 Å². The van der Waals surface area contributed by atoms with Crippen LogP contribution in [0.5, 0.6) is 0 Å². The summed E-state index contributed by atoms with van der Waals surface area (Å²) in [6.45, 7) is 3.06. The first-order chi connectivity index (χ1) is 7.09. The number of carboxylic acids is 1. The molecule has 0 fully saturated rings. The predicted molar refractivity (Wildman–Crippen MR) is 65.4 cm³/mol. The summed E-state index contributed by atoms with van der Waals surface area (Å²) in [6, 6.07) is 4.11. The van der Waals surface area contributed by atoms with Crippen LogP contribution in [0.4, 0.5) is 0 Å². The highest BCUT2D eigenvalue weighted by Crippen LogP contribution is 2.21. The maximum atomic E-state index is 10.5. The molecule has 0 spiro atoms. The fourth-order valence-corrected chi connectivity index (χ4v) is 2.59. The van der Waals surface area contributed by atoms with E-state index in [1.165, 1.54) is 4.88 Å². The van der Waals surface area contributed by atoms with Gasteiger partial charge in [0, 0.05) is 11.4 Å². The molecular weight excluding hydrogens is 278 g/mol. The van der Waals surface area contributed by atoms with Crippen LogP contribution in [0.1, 0.15) is 11.8 Å². The maximum Gasteiger partial charge on any atom is 0.307 e. The second-order valence-corrected chi connectivity index (χ2v) is 5.95. The minimum absolute atomic E-state index is 0.319. The average Bonchev–Trinajstić information content (AvgIpc) is 2.58. The summed E-state index contributed by atoms with van der Waals surface area (Å²) in [6.07, 6.45) is 0.947. The molecule has 0 aliphatic rings. The van der Waals surface area contributed by atoms with E-state index in [9.17, 15) is 4.79 Å². The Kier molecular flexibility index (Phi) is 5.28. The average molecular weight is 292 g/mol. The van der Waals surface area contributed by atoms with Gasteiger partial charge >= 0.3 is 5.97 Å². The van der Waals surface area contributed by atoms with E-state index >= 15 is 0 Å². The molecule has 1 aromatic heterocycles. The van der Waals surface area contributed by atoms with Gasteiger partial charge in [-0.2, -0.15) is 0 Å². The molecule has 5 heteroatoms. The quantitative estimate of drug-likeness (QED) is 0.791. The van der Waals surface area contributed by atoms with E-state index in [0.29, 0.717) is 6.54 Å². The highest BCUT2D eigenvalue weighted by molar-refractivity contribution is 9.11. The Hall–Kier alpha value is -0.390. The molecule has 0 radical (unpaired) electrons. The summed E-state index contributed by atoms with van der Waals surface area (Å²) in [5.41, 5.74) is 0. The third-order valence-electron chi connectivity index (χ3n) is 2.05. The molecule has 1 aromatic rings. The SMILES string of the molecule is CC(CNCCc1ccc(Br)s1)C(=O)O. The zero-order chi connectivity index (χ0) is 11.3. The molecule has 3 nitrogen and oxygen atoms in total. The lowest BCUT2D eigenvalue weighted by molar-refractivity contribution is -0.140. The Morgan fingerprint density at radius 2 is 2.40 bits per heavy atom. The Labute approximate surface area is 102 Å². The number of nitrogens with one attached hydrogen (secondary N) is 1. The van der Waals surface area contributed by atoms with Gasteiger partial charge in [0.2, 0.25) is 0 Å². The number of carbonyl (C=O) groups is 1. The van der Waals surface area contributed by atoms with Gasteiger partial charge in [0.25, 0.3) is 0 Å². The van der Waals surface area contributed by atoms with Gasteiger partial charge < -0.3 is 10.4 Å². The summed E-state index contributed by atoms with van der Waals surface area (Å²) in [5.74, 6) is -1.07. The third-order valence-corrected chi connectivity index (χ3v) is 3.73. The molecule has 0 aromatic carbocycles. The van der Waals surface area contributed by atoms with Crippen molar-refractivity contribution >= 4 is 33.2 Å². The highest BCUT2D eigenvalue weighted by Gasteiger charge is 2.09. The van der Waals surface area contributed by atoms with Crippen LogP contribution < -0.4 is 5.32 Å². The molecule has 0 bridgehead atoms. The Morgan fingerprint density at radius 1 is 1.67 bits per heavy atom. The van der Waals surface area contributed by atoms with E-state index in [2.05, 4.69) is 27.3 Å². The van der Waals surface area contributed by atoms with Crippen LogP contribution in [-0.2, 0) is 11.2 Å². The Bertz CT molecular complexity index is 327. The molecule has 1 atom stereocenters. The molecular formula is C10H14BrNO2S. The van der Waals surface area contributed by atoms with Crippen molar-refractivity contribution < 1.29 is 9.90 Å². The standard InChI is InChI=1S/C10H14BrNO2S/c1-7(10(13)14)6-12-5-4-8-2-3-9(11)15-8/h2-3,7,12H,4-6H2,1H3,(H,13,14). The first-order valence-corrected chi connectivity index (χ1v) is 6.38. The molecule has 2 N–H and O–H groups in total. The summed E-state index contributed by atoms with van der Waals surface area (Å²) in [4.78, 5) is 11.8. The molecule has 15 heavy (non-hydrogen) atoms. The normalized spacial score (nSPS) is 12.7. The van der Waals surface area contributed by atoms with Crippen LogP contribution in [0, 0.1) is 5.92 Å². The number of carboxylic acid groups (broad SMARTS) is 1. The zero-order valence-corrected chi connectivity index (χ0v) is 10.9. The maximum absolute atomic E-state index is 10.5. The van der Waals surface area contributed by atoms with Crippen molar-refractivity contribution in [2.45, 2.75) is 13.3 Å². The first kappa shape index (κ1) is 12.7. The van der Waals surface area contributed by atoms with Gasteiger partial charge in [-0.1, -0.05) is 6.92 Å². The van der Waals surface area contributed by atoms with Crippen molar-refractivity contribution in [2.24, 2.45) is 5.92 Å². The van der Waals surface area contributed by atoms with E-state index in [0.717, 1.165) is 16.8 Å². The largest absolute Gasteiger partial charge is 0.481 e. The lowest BCUT2D eigenvalue weighted by atomic mass is 10.2. The Morgan fingerprint density at radius 3 is 2.93 bits per heavy atom. The van der Waals surface area contributed by atoms with Crippen LogP contribution >= 0.6 is 27.3 Å². The third kappa shape index (κ3) is 4.77. The van der Waals surface area contributed by atoms with Gasteiger partial charge in [0.15, 0.2) is 0 Å². The number of hydrogen-bond acceptors (Lipinski definition) is 3. The monoisotopic (exact) mass is 291 g/mol. The van der Waals surface area contributed by atoms with Gasteiger partial charge in [-0.15, -0.1) is 11.3 Å². The van der Waals surface area contributed by atoms with Gasteiger partial charge in [0.05, 0.1) is 9.70 Å². The molecule has 0 aliphatic heterocycles. The van der Waals surface area contributed by atoms with Crippen LogP contribution in [0.3, 0.4) is 0 Å². The summed E-state index contributed by atoms with van der Waals surface area (Å²) in [5, 5.41) is 11.8. The molecule has 1 rings (SSSR count). The Balaban J connectivity index is 2.14. The van der Waals surface area contributed by atoms with Gasteiger partial charge in [-0.25, -0.2) is 0 Å². The van der Waals surface area contributed by atoms with Crippen molar-refractivity contribution in [2.75, 3.05) is 13.1 Å². The summed E-state index contributed by atoms with van der Waals surface area (Å²) in [7, 11) is 0. The lowest BCUT2D eigenvalue weighted by Crippen LogP contribution is -2.27. The molecule has 0 saturated carbocycles. The molecule has 84 valence electrons. The van der Waals surface area contributed by atoms with E-state index < -0.39 is 5.97 Å². The van der Waals surface area contributed by atoms with Crippen LogP contribution in [0.15, 0.2) is 15.9 Å². The second-order valence-electron chi connectivity index (χ2n) is 3.40. The van der Waals surface area contributed by atoms with Crippen LogP contribution in [0.25, 0.3) is 0 Å². The number of rotatable bonds is 6. The van der Waals surface area contributed by atoms with Gasteiger partial charge in [-0.05, 0) is 41.0 Å². The molecule has 0 aliphatic carbocycles. The van der Waals surface area contributed by atoms with Gasteiger partial charge in [-0.3, -0.25) is 4.79 Å². The molecule has 1 heterocycles. The summed E-state index contributed by atoms with van der Waals surface area (Å²) < 4.78 is 1.14. The highest BCUT2D eigenvalue weighted by atomic mass is 79.9. The fourth-order valence-electron chi connectivity index (χ4n) is 1.10. The minimum Gasteiger partial charge on any atom is -0.481 e.